The number of hydrogen-bond acceptors (Lipinski definition) is 5. The van der Waals surface area contributed by atoms with E-state index < -0.39 is 0 Å². The molecule has 8 heteroatoms. The first-order valence-corrected chi connectivity index (χ1v) is 9.19. The number of nitrogens with one attached hydrogen (secondary N) is 2. The largest absolute Gasteiger partial charge is 0.380 e. The maximum atomic E-state index is 13.0. The summed E-state index contributed by atoms with van der Waals surface area (Å²) in [6.45, 7) is 1.97. The second-order valence-electron chi connectivity index (χ2n) is 7.32. The first-order valence-electron chi connectivity index (χ1n) is 9.19. The van der Waals surface area contributed by atoms with Gasteiger partial charge in [-0.15, -0.1) is 0 Å². The Bertz CT molecular complexity index is 860. The van der Waals surface area contributed by atoms with E-state index in [2.05, 4.69) is 19.9 Å². The van der Waals surface area contributed by atoms with E-state index in [1.807, 2.05) is 11.9 Å². The Kier molecular flexibility index (Phi) is 4.54. The minimum Gasteiger partial charge on any atom is -0.380 e. The van der Waals surface area contributed by atoms with Gasteiger partial charge in [-0.3, -0.25) is 14.7 Å². The van der Waals surface area contributed by atoms with Gasteiger partial charge in [-0.25, -0.2) is 9.78 Å². The molecule has 140 valence electrons. The summed E-state index contributed by atoms with van der Waals surface area (Å²) < 4.78 is 5.49. The van der Waals surface area contributed by atoms with Crippen molar-refractivity contribution in [2.75, 3.05) is 27.2 Å². The van der Waals surface area contributed by atoms with Gasteiger partial charge in [-0.2, -0.15) is 0 Å². The van der Waals surface area contributed by atoms with E-state index in [0.29, 0.717) is 28.9 Å². The lowest BCUT2D eigenvalue weighted by Gasteiger charge is -2.35. The van der Waals surface area contributed by atoms with Crippen LogP contribution in [0.25, 0.3) is 11.2 Å². The van der Waals surface area contributed by atoms with Crippen molar-refractivity contribution in [2.24, 2.45) is 0 Å². The number of nitrogens with zero attached hydrogens (tertiary/aromatic N) is 3. The summed E-state index contributed by atoms with van der Waals surface area (Å²) in [5, 5.41) is 0. The van der Waals surface area contributed by atoms with Crippen molar-refractivity contribution in [3.63, 3.8) is 0 Å². The summed E-state index contributed by atoms with van der Waals surface area (Å²) in [6.07, 6.45) is 6.14. The van der Waals surface area contributed by atoms with E-state index in [0.717, 1.165) is 38.8 Å². The van der Waals surface area contributed by atoms with E-state index in [-0.39, 0.29) is 17.6 Å². The lowest BCUT2D eigenvalue weighted by Crippen LogP contribution is -2.49. The highest BCUT2D eigenvalue weighted by Crippen LogP contribution is 2.31. The van der Waals surface area contributed by atoms with Crippen LogP contribution in [0.15, 0.2) is 17.1 Å². The van der Waals surface area contributed by atoms with Crippen molar-refractivity contribution in [2.45, 2.75) is 43.9 Å². The molecular weight excluding hydrogens is 334 g/mol. The third-order valence-electron chi connectivity index (χ3n) is 5.86. The highest BCUT2D eigenvalue weighted by molar-refractivity contribution is 5.96. The molecule has 2 N–H and O–H groups in total. The molecule has 0 bridgehead atoms. The summed E-state index contributed by atoms with van der Waals surface area (Å²) in [5.74, 6) is -0.0548. The van der Waals surface area contributed by atoms with Crippen LogP contribution in [0.4, 0.5) is 0 Å². The second kappa shape index (κ2) is 6.85. The number of aromatic nitrogens is 3. The number of methoxy groups -OCH3 is 1. The van der Waals surface area contributed by atoms with Crippen molar-refractivity contribution in [3.8, 4) is 0 Å². The fourth-order valence-electron chi connectivity index (χ4n) is 4.44. The van der Waals surface area contributed by atoms with Gasteiger partial charge in [0.15, 0.2) is 5.65 Å². The number of pyridine rings is 1. The zero-order chi connectivity index (χ0) is 18.3. The predicted octanol–water partition coefficient (Wildman–Crippen LogP) is 0.965. The van der Waals surface area contributed by atoms with Crippen LogP contribution < -0.4 is 5.69 Å². The molecule has 1 unspecified atom stereocenters. The Morgan fingerprint density at radius 2 is 2.19 bits per heavy atom. The summed E-state index contributed by atoms with van der Waals surface area (Å²) in [7, 11) is 3.64. The molecule has 0 aromatic carbocycles. The fraction of sp³-hybridized carbons (Fsp3) is 0.611. The molecule has 0 spiro atoms. The predicted molar refractivity (Wildman–Crippen MR) is 97.2 cm³/mol. The summed E-state index contributed by atoms with van der Waals surface area (Å²) in [5.41, 5.74) is 1.20. The van der Waals surface area contributed by atoms with Gasteiger partial charge in [-0.1, -0.05) is 0 Å². The molecule has 1 amide bonds. The van der Waals surface area contributed by atoms with Gasteiger partial charge in [0.2, 0.25) is 0 Å². The van der Waals surface area contributed by atoms with Crippen LogP contribution in [-0.2, 0) is 4.74 Å². The summed E-state index contributed by atoms with van der Waals surface area (Å²) in [6, 6.07) is 2.27. The van der Waals surface area contributed by atoms with E-state index in [1.165, 1.54) is 6.20 Å². The zero-order valence-electron chi connectivity index (χ0n) is 15.2. The quantitative estimate of drug-likeness (QED) is 0.848. The van der Waals surface area contributed by atoms with Gasteiger partial charge in [0.05, 0.1) is 17.2 Å². The topological polar surface area (TPSA) is 94.3 Å². The monoisotopic (exact) mass is 359 g/mol. The Morgan fingerprint density at radius 1 is 1.35 bits per heavy atom. The Labute approximate surface area is 151 Å². The average molecular weight is 359 g/mol. The number of carbonyl (C=O) groups is 1. The maximum absolute atomic E-state index is 13.0. The molecule has 0 radical (unpaired) electrons. The van der Waals surface area contributed by atoms with Crippen LogP contribution in [0, 0.1) is 0 Å². The molecule has 1 saturated heterocycles. The number of rotatable bonds is 4. The Balaban J connectivity index is 1.52. The lowest BCUT2D eigenvalue weighted by molar-refractivity contribution is 0.0605. The number of carbonyl (C=O) groups excluding carboxylic acids is 1. The van der Waals surface area contributed by atoms with Crippen molar-refractivity contribution in [3.05, 3.63) is 28.3 Å². The molecule has 8 nitrogen and oxygen atoms in total. The number of H-pyrrole nitrogens is 2. The molecule has 1 aliphatic heterocycles. The van der Waals surface area contributed by atoms with Gasteiger partial charge in [0.25, 0.3) is 5.91 Å². The van der Waals surface area contributed by atoms with Crippen molar-refractivity contribution >= 4 is 17.1 Å². The van der Waals surface area contributed by atoms with E-state index in [1.54, 1.807) is 13.2 Å². The number of hydrogen-bond donors (Lipinski definition) is 2. The van der Waals surface area contributed by atoms with Crippen LogP contribution in [0.1, 0.15) is 36.0 Å². The molecule has 2 fully saturated rings. The molecule has 26 heavy (non-hydrogen) atoms. The van der Waals surface area contributed by atoms with Crippen LogP contribution >= 0.6 is 0 Å². The van der Waals surface area contributed by atoms with Crippen LogP contribution in [0.5, 0.6) is 0 Å². The van der Waals surface area contributed by atoms with Gasteiger partial charge in [0, 0.05) is 45.5 Å². The first kappa shape index (κ1) is 17.2. The first-order chi connectivity index (χ1) is 12.6. The second-order valence-corrected chi connectivity index (χ2v) is 7.32. The van der Waals surface area contributed by atoms with Gasteiger partial charge in [0.1, 0.15) is 0 Å². The third kappa shape index (κ3) is 3.03. The van der Waals surface area contributed by atoms with Crippen LogP contribution in [-0.4, -0.2) is 76.1 Å². The molecule has 1 aliphatic carbocycles. The van der Waals surface area contributed by atoms with E-state index >= 15 is 0 Å². The lowest BCUT2D eigenvalue weighted by atomic mass is 10.1. The molecule has 3 heterocycles. The van der Waals surface area contributed by atoms with E-state index in [9.17, 15) is 9.59 Å². The molecule has 2 aliphatic rings. The summed E-state index contributed by atoms with van der Waals surface area (Å²) >= 11 is 0. The standard InChI is InChI=1S/C18H25N5O3/c1-22(14-4-3-5-15(14)23-7-6-12(10-23)26-2)17(24)11-8-13-16(19-9-11)21-18(25)20-13/h8-9,12,14-15H,3-7,10H2,1-2H3,(H2,19,20,21,25)/t12?,14-,15+/m1/s1. The molecule has 2 aromatic rings. The number of imidazole rings is 1. The summed E-state index contributed by atoms with van der Waals surface area (Å²) in [4.78, 5) is 38.2. The molecule has 3 atom stereocenters. The minimum atomic E-state index is -0.317. The number of likely N-dealkylation sites (tertiary alicyclic amines) is 1. The molecular formula is C18H25N5O3. The third-order valence-corrected chi connectivity index (χ3v) is 5.86. The number of aromatic amines is 2. The SMILES string of the molecule is COC1CCN([C@H]2CCC[C@H]2N(C)C(=O)c2cnc3[nH]c(=O)[nH]c3c2)C1. The number of amides is 1. The zero-order valence-corrected chi connectivity index (χ0v) is 15.2. The van der Waals surface area contributed by atoms with Gasteiger partial charge >= 0.3 is 5.69 Å². The number of fused-ring (bicyclic) bond motifs is 1. The highest BCUT2D eigenvalue weighted by Gasteiger charge is 2.39. The molecule has 2 aromatic heterocycles. The average Bonchev–Trinajstić information content (AvgIpc) is 3.36. The maximum Gasteiger partial charge on any atom is 0.325 e. The number of ether oxygens (including phenoxy) is 1. The van der Waals surface area contributed by atoms with Crippen LogP contribution in [0.3, 0.4) is 0 Å². The number of likely N-dealkylation sites (N-methyl/N-ethyl adjacent to an activating group) is 1. The van der Waals surface area contributed by atoms with Gasteiger partial charge in [-0.05, 0) is 31.7 Å². The smallest absolute Gasteiger partial charge is 0.325 e. The van der Waals surface area contributed by atoms with Gasteiger partial charge < -0.3 is 14.6 Å². The normalized spacial score (nSPS) is 26.6. The van der Waals surface area contributed by atoms with Crippen molar-refractivity contribution in [1.82, 2.24) is 24.8 Å². The van der Waals surface area contributed by atoms with Crippen LogP contribution in [0.2, 0.25) is 0 Å². The molecule has 4 rings (SSSR count). The molecule has 1 saturated carbocycles. The van der Waals surface area contributed by atoms with E-state index in [4.69, 9.17) is 4.74 Å². The minimum absolute atomic E-state index is 0.0548. The van der Waals surface area contributed by atoms with Crippen molar-refractivity contribution in [1.29, 1.82) is 0 Å². The fourth-order valence-corrected chi connectivity index (χ4v) is 4.44. The van der Waals surface area contributed by atoms with Crippen molar-refractivity contribution < 1.29 is 9.53 Å². The highest BCUT2D eigenvalue weighted by atomic mass is 16.5. The Hall–Kier alpha value is -2.19. The Morgan fingerprint density at radius 3 is 2.96 bits per heavy atom.